The van der Waals surface area contributed by atoms with Gasteiger partial charge >= 0.3 is 19.3 Å². The normalized spacial score (nSPS) is 10.0. The second-order valence-electron chi connectivity index (χ2n) is 2.09. The fourth-order valence-electron chi connectivity index (χ4n) is 0.597. The van der Waals surface area contributed by atoms with E-state index in [0.717, 1.165) is 0 Å². The molecule has 2 heteroatoms. The first-order valence-electron chi connectivity index (χ1n) is 3.62. The highest BCUT2D eigenvalue weighted by Gasteiger charge is 1.84. The van der Waals surface area contributed by atoms with Gasteiger partial charge in [-0.1, -0.05) is 31.9 Å². The van der Waals surface area contributed by atoms with Crippen LogP contribution in [0.1, 0.15) is 26.2 Å². The van der Waals surface area contributed by atoms with Gasteiger partial charge in [0.25, 0.3) is 0 Å². The van der Waals surface area contributed by atoms with Crippen molar-refractivity contribution in [3.05, 3.63) is 12.2 Å². The summed E-state index contributed by atoms with van der Waals surface area (Å²) >= 11 is -0.199. The van der Waals surface area contributed by atoms with Gasteiger partial charge < -0.3 is 9.07 Å². The number of hydrogen-bond acceptors (Lipinski definition) is 0. The highest BCUT2D eigenvalue weighted by molar-refractivity contribution is 6.93. The average Bonchev–Trinajstić information content (AvgIpc) is 1.89. The van der Waals surface area contributed by atoms with Crippen LogP contribution in [-0.2, 0) is 0 Å². The minimum Gasteiger partial charge on any atom is -0.346 e. The summed E-state index contributed by atoms with van der Waals surface area (Å²) in [5, 5.41) is 0. The number of rotatable bonds is 5. The first-order chi connectivity index (χ1) is 4.41. The second kappa shape index (κ2) is 8.80. The maximum absolute atomic E-state index is 5.62. The molecule has 0 nitrogen and oxygen atoms in total. The van der Waals surface area contributed by atoms with Crippen molar-refractivity contribution in [2.45, 2.75) is 30.7 Å². The van der Waals surface area contributed by atoms with E-state index in [1.54, 1.807) is 0 Å². The molecule has 0 saturated heterocycles. The van der Waals surface area contributed by atoms with Crippen molar-refractivity contribution in [3.8, 4) is 0 Å². The minimum absolute atomic E-state index is 0.199. The quantitative estimate of drug-likeness (QED) is 0.326. The predicted octanol–water partition coefficient (Wildman–Crippen LogP) is 3.01. The molecule has 0 fully saturated rings. The fourth-order valence-corrected chi connectivity index (χ4v) is 1.45. The number of allylic oxidation sites excluding steroid dienone is 2. The summed E-state index contributed by atoms with van der Waals surface area (Å²) < 4.78 is 1.25. The Morgan fingerprint density at radius 1 is 1.33 bits per heavy atom. The first kappa shape index (κ1) is 9.80. The van der Waals surface area contributed by atoms with Crippen LogP contribution in [0, 0.1) is 0 Å². The Balaban J connectivity index is 2.86. The van der Waals surface area contributed by atoms with Crippen molar-refractivity contribution in [2.75, 3.05) is 0 Å². The predicted molar refractivity (Wildman–Crippen MR) is 45.1 cm³/mol. The molecule has 0 aliphatic heterocycles. The molecule has 0 bridgehead atoms. The molecular formula is C7H13ClMg. The third-order valence-corrected chi connectivity index (χ3v) is 2.60. The van der Waals surface area contributed by atoms with Crippen LogP contribution in [0.15, 0.2) is 12.2 Å². The summed E-state index contributed by atoms with van der Waals surface area (Å²) in [6.45, 7) is 2.20. The molecule has 0 unspecified atom stereocenters. The third kappa shape index (κ3) is 8.80. The van der Waals surface area contributed by atoms with Crippen molar-refractivity contribution < 1.29 is 0 Å². The van der Waals surface area contributed by atoms with Gasteiger partial charge in [0, 0.05) is 0 Å². The summed E-state index contributed by atoms with van der Waals surface area (Å²) in [6.07, 6.45) is 8.19. The van der Waals surface area contributed by atoms with Gasteiger partial charge in [0.05, 0.1) is 0 Å². The van der Waals surface area contributed by atoms with Crippen LogP contribution < -0.4 is 0 Å². The molecule has 0 aromatic heterocycles. The first-order valence-corrected chi connectivity index (χ1v) is 6.76. The van der Waals surface area contributed by atoms with E-state index in [1.165, 1.54) is 23.8 Å². The zero-order valence-electron chi connectivity index (χ0n) is 6.07. The van der Waals surface area contributed by atoms with Crippen LogP contribution in [0.4, 0.5) is 0 Å². The Hall–Kier alpha value is 0.796. The largest absolute Gasteiger partial charge is 0.501 e. The molecule has 0 aliphatic rings. The third-order valence-electron chi connectivity index (χ3n) is 1.13. The Morgan fingerprint density at radius 3 is 2.56 bits per heavy atom. The van der Waals surface area contributed by atoms with Crippen LogP contribution >= 0.6 is 9.07 Å². The monoisotopic (exact) mass is 156 g/mol. The lowest BCUT2D eigenvalue weighted by Gasteiger charge is -1.85. The van der Waals surface area contributed by atoms with Crippen LogP contribution in [0.2, 0.25) is 4.55 Å². The van der Waals surface area contributed by atoms with Gasteiger partial charge in [-0.15, -0.1) is 4.55 Å². The van der Waals surface area contributed by atoms with E-state index >= 15 is 0 Å². The smallest absolute Gasteiger partial charge is 0.346 e. The van der Waals surface area contributed by atoms with Gasteiger partial charge in [-0.25, -0.2) is 0 Å². The standard InChI is InChI=1S/C7H13.ClH.Mg/c1-3-5-7-6-4-2;;/h5,7H,1,3-4,6H2,2H3;1H;/q;;+1/p-1/b7-5-;;. The van der Waals surface area contributed by atoms with Crippen molar-refractivity contribution in [3.63, 3.8) is 0 Å². The zero-order chi connectivity index (χ0) is 6.95. The number of hydrogen-bond donors (Lipinski definition) is 0. The van der Waals surface area contributed by atoms with Crippen molar-refractivity contribution in [2.24, 2.45) is 0 Å². The van der Waals surface area contributed by atoms with Gasteiger partial charge in [-0.05, 0) is 6.42 Å². The Labute approximate surface area is 71.2 Å². The van der Waals surface area contributed by atoms with Crippen molar-refractivity contribution >= 4 is 28.3 Å². The lowest BCUT2D eigenvalue weighted by atomic mass is 10.3. The van der Waals surface area contributed by atoms with E-state index in [0.29, 0.717) is 0 Å². The molecule has 0 aliphatic carbocycles. The second-order valence-corrected chi connectivity index (χ2v) is 4.31. The maximum Gasteiger partial charge on any atom is 0.501 e. The molecule has 9 heavy (non-hydrogen) atoms. The van der Waals surface area contributed by atoms with Crippen LogP contribution in [0.5, 0.6) is 0 Å². The van der Waals surface area contributed by atoms with E-state index in [4.69, 9.17) is 9.07 Å². The zero-order valence-corrected chi connectivity index (χ0v) is 8.24. The van der Waals surface area contributed by atoms with Crippen molar-refractivity contribution in [1.82, 2.24) is 0 Å². The van der Waals surface area contributed by atoms with E-state index in [-0.39, 0.29) is 19.3 Å². The molecule has 0 aromatic rings. The van der Waals surface area contributed by atoms with E-state index in [9.17, 15) is 0 Å². The Bertz CT molecular complexity index is 71.3. The van der Waals surface area contributed by atoms with Gasteiger partial charge in [0.1, 0.15) is 0 Å². The number of unbranched alkanes of at least 4 members (excludes halogenated alkanes) is 1. The minimum atomic E-state index is -0.199. The summed E-state index contributed by atoms with van der Waals surface area (Å²) in [4.78, 5) is 0. The van der Waals surface area contributed by atoms with Gasteiger partial charge in [0.15, 0.2) is 0 Å². The van der Waals surface area contributed by atoms with Crippen LogP contribution in [0.25, 0.3) is 0 Å². The fraction of sp³-hybridized carbons (Fsp3) is 0.714. The molecule has 0 aromatic carbocycles. The van der Waals surface area contributed by atoms with Crippen LogP contribution in [0.3, 0.4) is 0 Å². The summed E-state index contributed by atoms with van der Waals surface area (Å²) in [6, 6.07) is 0. The molecule has 0 atom stereocenters. The molecule has 50 valence electrons. The molecule has 0 rings (SSSR count). The topological polar surface area (TPSA) is 0 Å². The van der Waals surface area contributed by atoms with Gasteiger partial charge in [0.2, 0.25) is 0 Å². The average molecular weight is 157 g/mol. The summed E-state index contributed by atoms with van der Waals surface area (Å²) in [5.41, 5.74) is 0. The summed E-state index contributed by atoms with van der Waals surface area (Å²) in [5.74, 6) is 0. The molecule has 0 N–H and O–H groups in total. The van der Waals surface area contributed by atoms with E-state index in [1.807, 2.05) is 0 Å². The van der Waals surface area contributed by atoms with E-state index in [2.05, 4.69) is 19.1 Å². The lowest BCUT2D eigenvalue weighted by Crippen LogP contribution is -1.73. The van der Waals surface area contributed by atoms with Crippen molar-refractivity contribution in [1.29, 1.82) is 0 Å². The Kier molecular flexibility index (Phi) is 9.57. The molecule has 0 amide bonds. The van der Waals surface area contributed by atoms with Crippen LogP contribution in [-0.4, -0.2) is 19.3 Å². The molecule has 0 radical (unpaired) electrons. The lowest BCUT2D eigenvalue weighted by molar-refractivity contribution is 0.951. The highest BCUT2D eigenvalue weighted by atomic mass is 35.5. The maximum atomic E-state index is 5.62. The van der Waals surface area contributed by atoms with Gasteiger partial charge in [-0.2, -0.15) is 0 Å². The van der Waals surface area contributed by atoms with Gasteiger partial charge in [-0.3, -0.25) is 0 Å². The molecular weight excluding hydrogens is 144 g/mol. The highest BCUT2D eigenvalue weighted by Crippen LogP contribution is 1.95. The molecule has 0 heterocycles. The Morgan fingerprint density at radius 2 is 2.00 bits per heavy atom. The van der Waals surface area contributed by atoms with E-state index < -0.39 is 0 Å². The SMILES string of the molecule is CCC/C=C\C[CH2][Mg][Cl]. The summed E-state index contributed by atoms with van der Waals surface area (Å²) in [7, 11) is 5.62. The molecule has 0 spiro atoms. The molecule has 0 saturated carbocycles. The number of halogens is 1.